The lowest BCUT2D eigenvalue weighted by Gasteiger charge is -2.38. The highest BCUT2D eigenvalue weighted by atomic mass is 16.2. The van der Waals surface area contributed by atoms with E-state index in [1.54, 1.807) is 6.20 Å². The van der Waals surface area contributed by atoms with Crippen LogP contribution in [-0.4, -0.2) is 52.9 Å². The van der Waals surface area contributed by atoms with Crippen molar-refractivity contribution in [2.75, 3.05) is 31.1 Å². The first kappa shape index (κ1) is 15.2. The third-order valence-electron chi connectivity index (χ3n) is 3.41. The Morgan fingerprint density at radius 2 is 1.76 bits per heavy atom. The van der Waals surface area contributed by atoms with Crippen molar-refractivity contribution in [3.63, 3.8) is 0 Å². The molecule has 0 radical (unpaired) electrons. The van der Waals surface area contributed by atoms with E-state index in [9.17, 15) is 9.59 Å². The van der Waals surface area contributed by atoms with Crippen molar-refractivity contribution in [3.05, 3.63) is 18.1 Å². The molecule has 2 amide bonds. The number of nitrogens with zero attached hydrogens (tertiary/aromatic N) is 4. The van der Waals surface area contributed by atoms with Gasteiger partial charge in [-0.3, -0.25) is 14.6 Å². The van der Waals surface area contributed by atoms with E-state index in [-0.39, 0.29) is 17.0 Å². The number of nitrogens with two attached hydrogens (primary N) is 1. The SMILES string of the molecule is CC(C)(C)C(=O)N1CCN(c2cncc(C(N)=O)n2)CC1. The lowest BCUT2D eigenvalue weighted by molar-refractivity contribution is -0.139. The van der Waals surface area contributed by atoms with E-state index in [0.717, 1.165) is 0 Å². The van der Waals surface area contributed by atoms with Crippen molar-refractivity contribution >= 4 is 17.6 Å². The monoisotopic (exact) mass is 291 g/mol. The van der Waals surface area contributed by atoms with Crippen molar-refractivity contribution in [2.24, 2.45) is 11.1 Å². The third-order valence-corrected chi connectivity index (χ3v) is 3.41. The van der Waals surface area contributed by atoms with Crippen LogP contribution >= 0.6 is 0 Å². The first-order valence-corrected chi connectivity index (χ1v) is 6.95. The summed E-state index contributed by atoms with van der Waals surface area (Å²) in [6, 6.07) is 0. The molecule has 2 heterocycles. The van der Waals surface area contributed by atoms with Gasteiger partial charge in [0.05, 0.1) is 12.4 Å². The molecular weight excluding hydrogens is 270 g/mol. The molecule has 2 N–H and O–H groups in total. The smallest absolute Gasteiger partial charge is 0.268 e. The summed E-state index contributed by atoms with van der Waals surface area (Å²) in [7, 11) is 0. The van der Waals surface area contributed by atoms with E-state index in [2.05, 4.69) is 9.97 Å². The molecule has 7 nitrogen and oxygen atoms in total. The number of rotatable bonds is 2. The Balaban J connectivity index is 2.03. The zero-order chi connectivity index (χ0) is 15.6. The molecule has 0 atom stereocenters. The number of carbonyl (C=O) groups excluding carboxylic acids is 2. The standard InChI is InChI=1S/C14H21N5O2/c1-14(2,3)13(21)19-6-4-18(5-7-19)11-9-16-8-10(17-11)12(15)20/h8-9H,4-7H2,1-3H3,(H2,15,20). The molecule has 2 rings (SSSR count). The van der Waals surface area contributed by atoms with Gasteiger partial charge in [0.15, 0.2) is 0 Å². The molecule has 21 heavy (non-hydrogen) atoms. The van der Waals surface area contributed by atoms with E-state index in [1.165, 1.54) is 6.20 Å². The highest BCUT2D eigenvalue weighted by Crippen LogP contribution is 2.20. The van der Waals surface area contributed by atoms with Gasteiger partial charge < -0.3 is 15.5 Å². The van der Waals surface area contributed by atoms with E-state index >= 15 is 0 Å². The molecular formula is C14H21N5O2. The van der Waals surface area contributed by atoms with Crippen molar-refractivity contribution in [1.82, 2.24) is 14.9 Å². The molecule has 7 heteroatoms. The lowest BCUT2D eigenvalue weighted by Crippen LogP contribution is -2.52. The molecule has 0 aliphatic carbocycles. The highest BCUT2D eigenvalue weighted by Gasteiger charge is 2.30. The molecule has 0 bridgehead atoms. The Labute approximate surface area is 124 Å². The maximum absolute atomic E-state index is 12.2. The minimum absolute atomic E-state index is 0.152. The van der Waals surface area contributed by atoms with Gasteiger partial charge in [0.1, 0.15) is 11.5 Å². The number of hydrogen-bond acceptors (Lipinski definition) is 5. The van der Waals surface area contributed by atoms with Crippen molar-refractivity contribution in [1.29, 1.82) is 0 Å². The van der Waals surface area contributed by atoms with Crippen molar-refractivity contribution < 1.29 is 9.59 Å². The molecule has 1 aromatic heterocycles. The number of primary amides is 1. The molecule has 1 saturated heterocycles. The minimum atomic E-state index is -0.592. The molecule has 114 valence electrons. The van der Waals surface area contributed by atoms with Gasteiger partial charge in [-0.1, -0.05) is 20.8 Å². The normalized spacial score (nSPS) is 16.0. The fourth-order valence-electron chi connectivity index (χ4n) is 2.24. The summed E-state index contributed by atoms with van der Waals surface area (Å²) in [6.45, 7) is 8.37. The lowest BCUT2D eigenvalue weighted by atomic mass is 9.94. The molecule has 1 aliphatic rings. The van der Waals surface area contributed by atoms with Crippen LogP contribution in [0.2, 0.25) is 0 Å². The third kappa shape index (κ3) is 3.48. The van der Waals surface area contributed by atoms with Crippen LogP contribution in [0.5, 0.6) is 0 Å². The Kier molecular flexibility index (Phi) is 4.11. The summed E-state index contributed by atoms with van der Waals surface area (Å²) in [5.74, 6) is 0.180. The Morgan fingerprint density at radius 1 is 1.14 bits per heavy atom. The topological polar surface area (TPSA) is 92.4 Å². The number of piperazine rings is 1. The molecule has 1 aromatic rings. The summed E-state index contributed by atoms with van der Waals surface area (Å²) < 4.78 is 0. The van der Waals surface area contributed by atoms with Gasteiger partial charge in [0, 0.05) is 31.6 Å². The minimum Gasteiger partial charge on any atom is -0.364 e. The summed E-state index contributed by atoms with van der Waals surface area (Å²) in [5, 5.41) is 0. The maximum atomic E-state index is 12.2. The van der Waals surface area contributed by atoms with E-state index in [1.807, 2.05) is 30.6 Å². The van der Waals surface area contributed by atoms with E-state index in [0.29, 0.717) is 32.0 Å². The average Bonchev–Trinajstić information content (AvgIpc) is 2.46. The zero-order valence-corrected chi connectivity index (χ0v) is 12.7. The number of carbonyl (C=O) groups is 2. The second-order valence-electron chi connectivity index (χ2n) is 6.16. The predicted molar refractivity (Wildman–Crippen MR) is 78.8 cm³/mol. The first-order valence-electron chi connectivity index (χ1n) is 6.95. The summed E-state index contributed by atoms with van der Waals surface area (Å²) >= 11 is 0. The Bertz CT molecular complexity index is 545. The van der Waals surface area contributed by atoms with Crippen LogP contribution in [0.15, 0.2) is 12.4 Å². The van der Waals surface area contributed by atoms with Crippen LogP contribution in [0.1, 0.15) is 31.3 Å². The number of aromatic nitrogens is 2. The number of anilines is 1. The van der Waals surface area contributed by atoms with Crippen LogP contribution in [0.25, 0.3) is 0 Å². The largest absolute Gasteiger partial charge is 0.364 e. The second-order valence-corrected chi connectivity index (χ2v) is 6.16. The molecule has 0 unspecified atom stereocenters. The Hall–Kier alpha value is -2.18. The summed E-state index contributed by atoms with van der Waals surface area (Å²) in [4.78, 5) is 35.4. The van der Waals surface area contributed by atoms with Crippen LogP contribution in [0.3, 0.4) is 0 Å². The van der Waals surface area contributed by atoms with Crippen LogP contribution in [0.4, 0.5) is 5.82 Å². The quantitative estimate of drug-likeness (QED) is 0.844. The van der Waals surface area contributed by atoms with E-state index < -0.39 is 5.91 Å². The van der Waals surface area contributed by atoms with Gasteiger partial charge >= 0.3 is 0 Å². The van der Waals surface area contributed by atoms with Crippen LogP contribution in [-0.2, 0) is 4.79 Å². The molecule has 0 aromatic carbocycles. The fraction of sp³-hybridized carbons (Fsp3) is 0.571. The zero-order valence-electron chi connectivity index (χ0n) is 12.7. The summed E-state index contributed by atoms with van der Waals surface area (Å²) in [6.07, 6.45) is 2.96. The van der Waals surface area contributed by atoms with Gasteiger partial charge in [-0.25, -0.2) is 4.98 Å². The Morgan fingerprint density at radius 3 is 2.29 bits per heavy atom. The molecule has 1 aliphatic heterocycles. The number of hydrogen-bond donors (Lipinski definition) is 1. The van der Waals surface area contributed by atoms with Crippen molar-refractivity contribution in [3.8, 4) is 0 Å². The van der Waals surface area contributed by atoms with Gasteiger partial charge in [-0.2, -0.15) is 0 Å². The first-order chi connectivity index (χ1) is 9.79. The second kappa shape index (κ2) is 5.67. The van der Waals surface area contributed by atoms with Crippen LogP contribution < -0.4 is 10.6 Å². The molecule has 1 fully saturated rings. The van der Waals surface area contributed by atoms with Gasteiger partial charge in [-0.15, -0.1) is 0 Å². The fourth-order valence-corrected chi connectivity index (χ4v) is 2.24. The summed E-state index contributed by atoms with van der Waals surface area (Å²) in [5.41, 5.74) is 5.00. The molecule has 0 saturated carbocycles. The predicted octanol–water partition coefficient (Wildman–Crippen LogP) is 0.270. The molecule has 0 spiro atoms. The van der Waals surface area contributed by atoms with Gasteiger partial charge in [-0.05, 0) is 0 Å². The van der Waals surface area contributed by atoms with Crippen LogP contribution in [0, 0.1) is 5.41 Å². The van der Waals surface area contributed by atoms with Crippen molar-refractivity contribution in [2.45, 2.75) is 20.8 Å². The average molecular weight is 291 g/mol. The van der Waals surface area contributed by atoms with E-state index in [4.69, 9.17) is 5.73 Å². The van der Waals surface area contributed by atoms with Gasteiger partial charge in [0.2, 0.25) is 5.91 Å². The number of amides is 2. The highest BCUT2D eigenvalue weighted by molar-refractivity contribution is 5.90. The van der Waals surface area contributed by atoms with Gasteiger partial charge in [0.25, 0.3) is 5.91 Å². The maximum Gasteiger partial charge on any atom is 0.268 e.